The molecule has 0 aromatic carbocycles. The Labute approximate surface area is 130 Å². The lowest BCUT2D eigenvalue weighted by Crippen LogP contribution is -2.49. The van der Waals surface area contributed by atoms with Crippen molar-refractivity contribution in [3.8, 4) is 0 Å². The Morgan fingerprint density at radius 3 is 2.05 bits per heavy atom. The molecule has 2 amide bonds. The minimum absolute atomic E-state index is 0.0269. The predicted octanol–water partition coefficient (Wildman–Crippen LogP) is 0.912. The highest BCUT2D eigenvalue weighted by atomic mass is 32.1. The molecule has 1 saturated carbocycles. The van der Waals surface area contributed by atoms with E-state index in [2.05, 4.69) is 4.90 Å². The van der Waals surface area contributed by atoms with Gasteiger partial charge in [-0.1, -0.05) is 25.1 Å². The van der Waals surface area contributed by atoms with Crippen LogP contribution in [-0.4, -0.2) is 52.3 Å². The van der Waals surface area contributed by atoms with Gasteiger partial charge < -0.3 is 5.73 Å². The minimum atomic E-state index is -0.0269. The van der Waals surface area contributed by atoms with Gasteiger partial charge in [0.25, 0.3) is 0 Å². The van der Waals surface area contributed by atoms with Crippen LogP contribution >= 0.6 is 12.2 Å². The van der Waals surface area contributed by atoms with Crippen molar-refractivity contribution in [2.75, 3.05) is 19.6 Å². The quantitative estimate of drug-likeness (QED) is 0.620. The maximum Gasteiger partial charge on any atom is 0.233 e. The molecule has 0 bridgehead atoms. The summed E-state index contributed by atoms with van der Waals surface area (Å²) in [5.74, 6) is 0.136. The van der Waals surface area contributed by atoms with Crippen molar-refractivity contribution in [1.29, 1.82) is 0 Å². The Hall–Kier alpha value is -1.01. The van der Waals surface area contributed by atoms with Crippen molar-refractivity contribution in [2.24, 2.45) is 17.6 Å². The van der Waals surface area contributed by atoms with Crippen LogP contribution in [0.2, 0.25) is 0 Å². The highest BCUT2D eigenvalue weighted by Crippen LogP contribution is 2.39. The third-order valence-electron chi connectivity index (χ3n) is 5.18. The Morgan fingerprint density at radius 1 is 1.05 bits per heavy atom. The lowest BCUT2D eigenvalue weighted by Gasteiger charge is -2.35. The average molecular weight is 309 g/mol. The van der Waals surface area contributed by atoms with Crippen molar-refractivity contribution >= 4 is 29.0 Å². The van der Waals surface area contributed by atoms with Crippen molar-refractivity contribution in [3.63, 3.8) is 0 Å². The largest absolute Gasteiger partial charge is 0.392 e. The summed E-state index contributed by atoms with van der Waals surface area (Å²) >= 11 is 4.94. The highest BCUT2D eigenvalue weighted by molar-refractivity contribution is 7.80. The standard InChI is InChI=1S/C15H23N3O2S/c16-13(21)9-17-7-5-10(6-8-17)18-14(19)11-3-1-2-4-12(11)15(18)20/h10-12H,1-9H2,(H2,16,21). The van der Waals surface area contributed by atoms with Gasteiger partial charge in [0.1, 0.15) is 0 Å². The summed E-state index contributed by atoms with van der Waals surface area (Å²) in [5.41, 5.74) is 5.57. The van der Waals surface area contributed by atoms with Gasteiger partial charge >= 0.3 is 0 Å². The van der Waals surface area contributed by atoms with Gasteiger partial charge in [-0.05, 0) is 25.7 Å². The van der Waals surface area contributed by atoms with Gasteiger partial charge in [0.2, 0.25) is 11.8 Å². The molecule has 0 aromatic heterocycles. The maximum absolute atomic E-state index is 12.6. The number of thiocarbonyl (C=S) groups is 1. The summed E-state index contributed by atoms with van der Waals surface area (Å²) in [5, 5.41) is 0. The molecule has 2 aliphatic heterocycles. The molecule has 0 spiro atoms. The number of fused-ring (bicyclic) bond motifs is 1. The number of piperidine rings is 1. The molecule has 3 rings (SSSR count). The first-order chi connectivity index (χ1) is 10.1. The van der Waals surface area contributed by atoms with Crippen LogP contribution in [0.15, 0.2) is 0 Å². The van der Waals surface area contributed by atoms with Crippen LogP contribution in [0.25, 0.3) is 0 Å². The molecular weight excluding hydrogens is 286 g/mol. The Bertz CT molecular complexity index is 436. The highest BCUT2D eigenvalue weighted by Gasteiger charge is 2.50. The van der Waals surface area contributed by atoms with Crippen molar-refractivity contribution in [1.82, 2.24) is 9.80 Å². The van der Waals surface area contributed by atoms with Gasteiger partial charge in [0.05, 0.1) is 16.8 Å². The number of imide groups is 1. The van der Waals surface area contributed by atoms with Crippen molar-refractivity contribution in [2.45, 2.75) is 44.6 Å². The molecule has 116 valence electrons. The van der Waals surface area contributed by atoms with Crippen LogP contribution in [-0.2, 0) is 9.59 Å². The summed E-state index contributed by atoms with van der Waals surface area (Å²) in [6.07, 6.45) is 5.65. The van der Waals surface area contributed by atoms with Gasteiger partial charge in [0.15, 0.2) is 0 Å². The number of hydrogen-bond acceptors (Lipinski definition) is 4. The van der Waals surface area contributed by atoms with E-state index in [1.165, 1.54) is 0 Å². The van der Waals surface area contributed by atoms with E-state index in [-0.39, 0.29) is 29.7 Å². The monoisotopic (exact) mass is 309 g/mol. The number of rotatable bonds is 3. The first-order valence-electron chi connectivity index (χ1n) is 7.95. The minimum Gasteiger partial charge on any atom is -0.392 e. The second-order valence-corrected chi connectivity index (χ2v) is 7.04. The van der Waals surface area contributed by atoms with Gasteiger partial charge in [0, 0.05) is 25.7 Å². The number of carbonyl (C=O) groups is 2. The van der Waals surface area contributed by atoms with Crippen LogP contribution in [0.1, 0.15) is 38.5 Å². The number of nitrogens with two attached hydrogens (primary N) is 1. The van der Waals surface area contributed by atoms with E-state index in [0.29, 0.717) is 11.5 Å². The SMILES string of the molecule is NC(=S)CN1CCC(N2C(=O)C3CCCCC3C2=O)CC1. The lowest BCUT2D eigenvalue weighted by molar-refractivity contribution is -0.143. The molecule has 2 saturated heterocycles. The van der Waals surface area contributed by atoms with Crippen molar-refractivity contribution < 1.29 is 9.59 Å². The van der Waals surface area contributed by atoms with E-state index >= 15 is 0 Å². The summed E-state index contributed by atoms with van der Waals surface area (Å²) in [6.45, 7) is 2.35. The molecule has 2 heterocycles. The molecule has 21 heavy (non-hydrogen) atoms. The van der Waals surface area contributed by atoms with Gasteiger partial charge in [-0.25, -0.2) is 0 Å². The lowest BCUT2D eigenvalue weighted by atomic mass is 9.81. The zero-order valence-electron chi connectivity index (χ0n) is 12.3. The van der Waals surface area contributed by atoms with Crippen LogP contribution in [0.5, 0.6) is 0 Å². The first-order valence-corrected chi connectivity index (χ1v) is 8.36. The van der Waals surface area contributed by atoms with E-state index in [0.717, 1.165) is 51.6 Å². The van der Waals surface area contributed by atoms with E-state index in [1.807, 2.05) is 0 Å². The van der Waals surface area contributed by atoms with E-state index in [9.17, 15) is 9.59 Å². The molecule has 5 nitrogen and oxygen atoms in total. The number of nitrogens with zero attached hydrogens (tertiary/aromatic N) is 2. The number of amides is 2. The van der Waals surface area contributed by atoms with Gasteiger partial charge in [-0.3, -0.25) is 19.4 Å². The average Bonchev–Trinajstić information content (AvgIpc) is 2.72. The number of carbonyl (C=O) groups excluding carboxylic acids is 2. The fraction of sp³-hybridized carbons (Fsp3) is 0.800. The zero-order valence-corrected chi connectivity index (χ0v) is 13.1. The smallest absolute Gasteiger partial charge is 0.233 e. The molecule has 1 aliphatic carbocycles. The molecule has 3 aliphatic rings. The normalized spacial score (nSPS) is 31.5. The van der Waals surface area contributed by atoms with E-state index < -0.39 is 0 Å². The number of hydrogen-bond donors (Lipinski definition) is 1. The van der Waals surface area contributed by atoms with Gasteiger partial charge in [-0.2, -0.15) is 0 Å². The van der Waals surface area contributed by atoms with Crippen LogP contribution in [0.4, 0.5) is 0 Å². The molecule has 2 atom stereocenters. The van der Waals surface area contributed by atoms with Crippen LogP contribution in [0.3, 0.4) is 0 Å². The third kappa shape index (κ3) is 2.83. The summed E-state index contributed by atoms with van der Waals surface area (Å²) in [4.78, 5) is 29.4. The van der Waals surface area contributed by atoms with Crippen LogP contribution in [0, 0.1) is 11.8 Å². The van der Waals surface area contributed by atoms with Crippen molar-refractivity contribution in [3.05, 3.63) is 0 Å². The summed E-state index contributed by atoms with van der Waals surface area (Å²) in [7, 11) is 0. The van der Waals surface area contributed by atoms with Gasteiger partial charge in [-0.15, -0.1) is 0 Å². The number of likely N-dealkylation sites (tertiary alicyclic amines) is 2. The fourth-order valence-electron chi connectivity index (χ4n) is 4.10. The zero-order chi connectivity index (χ0) is 15.0. The third-order valence-corrected chi connectivity index (χ3v) is 5.31. The second kappa shape index (κ2) is 6.01. The Balaban J connectivity index is 1.64. The van der Waals surface area contributed by atoms with E-state index in [4.69, 9.17) is 18.0 Å². The molecule has 3 fully saturated rings. The molecular formula is C15H23N3O2S. The first kappa shape index (κ1) is 14.9. The topological polar surface area (TPSA) is 66.6 Å². The van der Waals surface area contributed by atoms with E-state index in [1.54, 1.807) is 4.90 Å². The summed E-state index contributed by atoms with van der Waals surface area (Å²) in [6, 6.07) is 0.0817. The van der Waals surface area contributed by atoms with Crippen LogP contribution < -0.4 is 5.73 Å². The molecule has 0 radical (unpaired) electrons. The second-order valence-electron chi connectivity index (χ2n) is 6.52. The predicted molar refractivity (Wildman–Crippen MR) is 83.5 cm³/mol. The Morgan fingerprint density at radius 2 is 1.57 bits per heavy atom. The molecule has 2 N–H and O–H groups in total. The molecule has 6 heteroatoms. The fourth-order valence-corrected chi connectivity index (χ4v) is 4.29. The molecule has 2 unspecified atom stereocenters. The summed E-state index contributed by atoms with van der Waals surface area (Å²) < 4.78 is 0. The molecule has 0 aromatic rings. The Kier molecular flexibility index (Phi) is 4.26. The maximum atomic E-state index is 12.6.